The van der Waals surface area contributed by atoms with Gasteiger partial charge >= 0.3 is 49.7 Å². The zero-order valence-electron chi connectivity index (χ0n) is 3.96. The van der Waals surface area contributed by atoms with Gasteiger partial charge in [-0.3, -0.25) is 0 Å². The summed E-state index contributed by atoms with van der Waals surface area (Å²) in [5.74, 6) is 0. The summed E-state index contributed by atoms with van der Waals surface area (Å²) in [6, 6.07) is 0. The fourth-order valence-electron chi connectivity index (χ4n) is 0.352. The fourth-order valence-corrected chi connectivity index (χ4v) is 0.607. The molecule has 2 nitrogen and oxygen atoms in total. The molecule has 0 aliphatic heterocycles. The number of aryl methyl sites for hydroxylation is 1. The molecule has 7 heavy (non-hydrogen) atoms. The average molecular weight is 160 g/mol. The van der Waals surface area contributed by atoms with Crippen LogP contribution in [-0.4, -0.2) is 25.6 Å². The van der Waals surface area contributed by atoms with E-state index in [1.165, 1.54) is 0 Å². The van der Waals surface area contributed by atoms with Crippen molar-refractivity contribution in [2.45, 2.75) is 0 Å². The first-order chi connectivity index (χ1) is 3.30. The van der Waals surface area contributed by atoms with E-state index < -0.39 is 0 Å². The van der Waals surface area contributed by atoms with Crippen molar-refractivity contribution in [1.29, 1.82) is 0 Å². The monoisotopic (exact) mass is 161 g/mol. The van der Waals surface area contributed by atoms with Crippen LogP contribution in [-0.2, 0) is 7.05 Å². The Kier molecular flexibility index (Phi) is 1.17. The molecule has 0 aliphatic rings. The number of aromatic nitrogens is 2. The second kappa shape index (κ2) is 1.68. The van der Waals surface area contributed by atoms with Gasteiger partial charge in [-0.2, -0.15) is 0 Å². The van der Waals surface area contributed by atoms with Gasteiger partial charge in [0.15, 0.2) is 0 Å². The topological polar surface area (TPSA) is 17.8 Å². The Morgan fingerprint density at radius 3 is 2.71 bits per heavy atom. The standard InChI is InChI=1S/C4H5N2Se/c1-6-3-2-5-4(6)7/h2-3H,1H3. The van der Waals surface area contributed by atoms with Gasteiger partial charge in [-0.15, -0.1) is 0 Å². The number of nitrogens with zero attached hydrogens (tertiary/aromatic N) is 2. The van der Waals surface area contributed by atoms with Crippen LogP contribution in [0.1, 0.15) is 0 Å². The van der Waals surface area contributed by atoms with Crippen LogP contribution in [0.5, 0.6) is 0 Å². The molecule has 0 aromatic carbocycles. The number of imidazole rings is 1. The predicted molar refractivity (Wildman–Crippen MR) is 28.6 cm³/mol. The van der Waals surface area contributed by atoms with Crippen LogP contribution in [0, 0.1) is 0 Å². The third-order valence-corrected chi connectivity index (χ3v) is 1.60. The summed E-state index contributed by atoms with van der Waals surface area (Å²) in [5, 5.41) is 0. The van der Waals surface area contributed by atoms with E-state index in [1.807, 2.05) is 17.8 Å². The molecule has 0 bridgehead atoms. The van der Waals surface area contributed by atoms with Crippen molar-refractivity contribution >= 4 is 20.7 Å². The molecule has 0 unspecified atom stereocenters. The molecule has 1 aromatic rings. The van der Waals surface area contributed by atoms with Crippen molar-refractivity contribution in [3.05, 3.63) is 12.4 Å². The van der Waals surface area contributed by atoms with Gasteiger partial charge in [-0.05, 0) is 0 Å². The summed E-state index contributed by atoms with van der Waals surface area (Å²) in [5.41, 5.74) is 0. The summed E-state index contributed by atoms with van der Waals surface area (Å²) in [6.07, 6.45) is 3.65. The van der Waals surface area contributed by atoms with Crippen molar-refractivity contribution in [3.8, 4) is 0 Å². The molecule has 3 heteroatoms. The first-order valence-electron chi connectivity index (χ1n) is 1.95. The summed E-state index contributed by atoms with van der Waals surface area (Å²) in [6.45, 7) is 0. The zero-order valence-corrected chi connectivity index (χ0v) is 5.67. The summed E-state index contributed by atoms with van der Waals surface area (Å²) in [7, 11) is 1.94. The van der Waals surface area contributed by atoms with Gasteiger partial charge in [0.1, 0.15) is 0 Å². The molecule has 37 valence electrons. The van der Waals surface area contributed by atoms with Crippen molar-refractivity contribution in [2.75, 3.05) is 0 Å². The molecule has 0 aliphatic carbocycles. The van der Waals surface area contributed by atoms with Gasteiger partial charge in [0, 0.05) is 0 Å². The second-order valence-corrected chi connectivity index (χ2v) is 2.09. The molecular weight excluding hydrogens is 155 g/mol. The van der Waals surface area contributed by atoms with E-state index in [-0.39, 0.29) is 0 Å². The van der Waals surface area contributed by atoms with Crippen molar-refractivity contribution in [2.24, 2.45) is 7.05 Å². The maximum absolute atomic E-state index is 3.92. The third-order valence-electron chi connectivity index (χ3n) is 0.777. The van der Waals surface area contributed by atoms with E-state index in [2.05, 4.69) is 21.0 Å². The van der Waals surface area contributed by atoms with E-state index in [4.69, 9.17) is 0 Å². The van der Waals surface area contributed by atoms with Crippen LogP contribution >= 0.6 is 0 Å². The maximum atomic E-state index is 3.92. The predicted octanol–water partition coefficient (Wildman–Crippen LogP) is -0.786. The molecule has 0 fully saturated rings. The fraction of sp³-hybridized carbons (Fsp3) is 0.250. The van der Waals surface area contributed by atoms with Crippen LogP contribution < -0.4 is 4.72 Å². The molecule has 1 rings (SSSR count). The molecule has 1 radical (unpaired) electrons. The second-order valence-electron chi connectivity index (χ2n) is 1.32. The van der Waals surface area contributed by atoms with Crippen molar-refractivity contribution in [3.63, 3.8) is 0 Å². The molecular formula is C4H5N2Se. The molecule has 0 spiro atoms. The molecule has 1 heterocycles. The van der Waals surface area contributed by atoms with E-state index >= 15 is 0 Å². The van der Waals surface area contributed by atoms with Gasteiger partial charge in [0.05, 0.1) is 0 Å². The Morgan fingerprint density at radius 2 is 2.57 bits per heavy atom. The third kappa shape index (κ3) is 0.842. The van der Waals surface area contributed by atoms with E-state index in [1.54, 1.807) is 6.20 Å². The minimum absolute atomic E-state index is 0.931. The Labute approximate surface area is 50.4 Å². The number of hydrogen-bond donors (Lipinski definition) is 0. The van der Waals surface area contributed by atoms with Crippen LogP contribution in [0.4, 0.5) is 0 Å². The molecule has 0 saturated carbocycles. The van der Waals surface area contributed by atoms with Crippen molar-refractivity contribution < 1.29 is 0 Å². The normalized spacial score (nSPS) is 9.29. The summed E-state index contributed by atoms with van der Waals surface area (Å²) in [4.78, 5) is 3.92. The van der Waals surface area contributed by atoms with Gasteiger partial charge in [-0.25, -0.2) is 0 Å². The van der Waals surface area contributed by atoms with Crippen LogP contribution in [0.15, 0.2) is 12.4 Å². The Balaban J connectivity index is 3.12. The summed E-state index contributed by atoms with van der Waals surface area (Å²) >= 11 is 2.80. The first-order valence-corrected chi connectivity index (χ1v) is 2.80. The van der Waals surface area contributed by atoms with E-state index in [0.717, 1.165) is 4.72 Å². The Bertz CT molecular complexity index is 142. The molecule has 0 N–H and O–H groups in total. The van der Waals surface area contributed by atoms with Crippen molar-refractivity contribution in [1.82, 2.24) is 9.55 Å². The van der Waals surface area contributed by atoms with E-state index in [9.17, 15) is 0 Å². The molecule has 0 atom stereocenters. The van der Waals surface area contributed by atoms with E-state index in [0.29, 0.717) is 0 Å². The van der Waals surface area contributed by atoms with Gasteiger partial charge in [0.2, 0.25) is 0 Å². The molecule has 1 aromatic heterocycles. The van der Waals surface area contributed by atoms with Crippen LogP contribution in [0.2, 0.25) is 0 Å². The van der Waals surface area contributed by atoms with Crippen LogP contribution in [0.3, 0.4) is 0 Å². The SMILES string of the molecule is Cn1ccnc1[Se]. The summed E-state index contributed by atoms with van der Waals surface area (Å²) < 4.78 is 2.85. The number of hydrogen-bond acceptors (Lipinski definition) is 1. The Morgan fingerprint density at radius 1 is 1.86 bits per heavy atom. The van der Waals surface area contributed by atoms with Crippen LogP contribution in [0.25, 0.3) is 0 Å². The van der Waals surface area contributed by atoms with Gasteiger partial charge in [-0.1, -0.05) is 0 Å². The average Bonchev–Trinajstić information content (AvgIpc) is 1.91. The molecule has 0 amide bonds. The first kappa shape index (κ1) is 4.88. The quantitative estimate of drug-likeness (QED) is 0.455. The number of rotatable bonds is 0. The van der Waals surface area contributed by atoms with Gasteiger partial charge < -0.3 is 0 Å². The zero-order chi connectivity index (χ0) is 5.28. The Hall–Kier alpha value is -0.271. The minimum atomic E-state index is 0.931. The molecule has 0 saturated heterocycles. The van der Waals surface area contributed by atoms with Gasteiger partial charge in [0.25, 0.3) is 0 Å².